The monoisotopic (exact) mass is 290 g/mol. The van der Waals surface area contributed by atoms with Crippen LogP contribution in [0.4, 0.5) is 0 Å². The Hall–Kier alpha value is 0.180. The van der Waals surface area contributed by atoms with Crippen molar-refractivity contribution >= 4 is 31.9 Å². The van der Waals surface area contributed by atoms with Crippen molar-refractivity contribution in [3.05, 3.63) is 33.8 Å². The second-order valence-corrected chi connectivity index (χ2v) is 4.53. The summed E-state index contributed by atoms with van der Waals surface area (Å²) in [6.07, 6.45) is 2.34. The molecule has 0 aromatic heterocycles. The highest BCUT2D eigenvalue weighted by molar-refractivity contribution is 9.10. The van der Waals surface area contributed by atoms with Gasteiger partial charge >= 0.3 is 0 Å². The van der Waals surface area contributed by atoms with Gasteiger partial charge in [0.25, 0.3) is 0 Å². The highest BCUT2D eigenvalue weighted by atomic mass is 79.9. The Morgan fingerprint density at radius 1 is 1.33 bits per heavy atom. The van der Waals surface area contributed by atoms with Gasteiger partial charge in [-0.25, -0.2) is 0 Å². The zero-order valence-corrected chi connectivity index (χ0v) is 10.3. The summed E-state index contributed by atoms with van der Waals surface area (Å²) in [5.74, 6) is 0. The molecule has 2 heteroatoms. The Labute approximate surface area is 90.6 Å². The van der Waals surface area contributed by atoms with Crippen LogP contribution in [0, 0.1) is 6.92 Å². The van der Waals surface area contributed by atoms with Crippen molar-refractivity contribution in [3.8, 4) is 0 Å². The van der Waals surface area contributed by atoms with E-state index in [9.17, 15) is 0 Å². The molecule has 66 valence electrons. The van der Waals surface area contributed by atoms with E-state index in [1.165, 1.54) is 22.0 Å². The molecule has 0 atom stereocenters. The van der Waals surface area contributed by atoms with Crippen LogP contribution in [-0.4, -0.2) is 5.33 Å². The van der Waals surface area contributed by atoms with Crippen molar-refractivity contribution in [2.45, 2.75) is 19.8 Å². The summed E-state index contributed by atoms with van der Waals surface area (Å²) in [7, 11) is 0. The lowest BCUT2D eigenvalue weighted by Crippen LogP contribution is -1.88. The topological polar surface area (TPSA) is 0 Å². The van der Waals surface area contributed by atoms with Crippen molar-refractivity contribution in [1.82, 2.24) is 0 Å². The molecule has 0 N–H and O–H groups in total. The predicted molar refractivity (Wildman–Crippen MR) is 61.0 cm³/mol. The molecule has 0 spiro atoms. The SMILES string of the molecule is Cc1ccc(CCCBr)c(Br)c1. The molecule has 0 radical (unpaired) electrons. The molecule has 0 aliphatic heterocycles. The number of hydrogen-bond donors (Lipinski definition) is 0. The van der Waals surface area contributed by atoms with Crippen LogP contribution in [-0.2, 0) is 6.42 Å². The van der Waals surface area contributed by atoms with Crippen LogP contribution in [0.3, 0.4) is 0 Å². The van der Waals surface area contributed by atoms with E-state index in [1.807, 2.05) is 0 Å². The minimum absolute atomic E-state index is 1.08. The summed E-state index contributed by atoms with van der Waals surface area (Å²) in [5.41, 5.74) is 2.71. The quantitative estimate of drug-likeness (QED) is 0.736. The molecule has 0 heterocycles. The Bertz CT molecular complexity index is 256. The zero-order chi connectivity index (χ0) is 8.97. The van der Waals surface area contributed by atoms with Crippen LogP contribution in [0.5, 0.6) is 0 Å². The predicted octanol–water partition coefficient (Wildman–Crippen LogP) is 4.09. The first-order valence-corrected chi connectivity index (χ1v) is 5.96. The number of rotatable bonds is 3. The van der Waals surface area contributed by atoms with Gasteiger partial charge in [-0.2, -0.15) is 0 Å². The molecule has 0 saturated carbocycles. The van der Waals surface area contributed by atoms with Crippen molar-refractivity contribution < 1.29 is 0 Å². The van der Waals surface area contributed by atoms with E-state index in [1.54, 1.807) is 0 Å². The van der Waals surface area contributed by atoms with Crippen LogP contribution < -0.4 is 0 Å². The van der Waals surface area contributed by atoms with E-state index in [4.69, 9.17) is 0 Å². The Balaban J connectivity index is 2.72. The zero-order valence-electron chi connectivity index (χ0n) is 7.11. The van der Waals surface area contributed by atoms with E-state index in [2.05, 4.69) is 57.0 Å². The van der Waals surface area contributed by atoms with Gasteiger partial charge in [0.05, 0.1) is 0 Å². The largest absolute Gasteiger partial charge is 0.0928 e. The van der Waals surface area contributed by atoms with E-state index in [-0.39, 0.29) is 0 Å². The third kappa shape index (κ3) is 2.91. The van der Waals surface area contributed by atoms with Gasteiger partial charge in [0, 0.05) is 9.80 Å². The molecule has 0 unspecified atom stereocenters. The molecule has 0 nitrogen and oxygen atoms in total. The lowest BCUT2D eigenvalue weighted by Gasteiger charge is -2.03. The van der Waals surface area contributed by atoms with Crippen LogP contribution in [0.25, 0.3) is 0 Å². The number of halogens is 2. The summed E-state index contributed by atoms with van der Waals surface area (Å²) >= 11 is 6.99. The Morgan fingerprint density at radius 3 is 2.67 bits per heavy atom. The highest BCUT2D eigenvalue weighted by Gasteiger charge is 1.98. The van der Waals surface area contributed by atoms with Crippen LogP contribution in [0.1, 0.15) is 17.5 Å². The molecule has 1 aromatic rings. The molecule has 0 fully saturated rings. The first kappa shape index (κ1) is 10.3. The first-order chi connectivity index (χ1) is 5.74. The average molecular weight is 292 g/mol. The lowest BCUT2D eigenvalue weighted by atomic mass is 10.1. The molecular weight excluding hydrogens is 280 g/mol. The molecular formula is C10H12Br2. The summed E-state index contributed by atoms with van der Waals surface area (Å²) in [5, 5.41) is 1.08. The van der Waals surface area contributed by atoms with Gasteiger partial charge in [0.2, 0.25) is 0 Å². The van der Waals surface area contributed by atoms with Gasteiger partial charge in [0.15, 0.2) is 0 Å². The summed E-state index contributed by atoms with van der Waals surface area (Å²) in [4.78, 5) is 0. The number of alkyl halides is 1. The standard InChI is InChI=1S/C10H12Br2/c1-8-4-5-9(3-2-6-11)10(12)7-8/h4-5,7H,2-3,6H2,1H3. The third-order valence-corrected chi connectivity index (χ3v) is 3.09. The second kappa shape index (κ2) is 5.03. The maximum absolute atomic E-state index is 3.56. The van der Waals surface area contributed by atoms with Gasteiger partial charge in [-0.1, -0.05) is 44.0 Å². The molecule has 0 aliphatic carbocycles. The van der Waals surface area contributed by atoms with Crippen molar-refractivity contribution in [3.63, 3.8) is 0 Å². The highest BCUT2D eigenvalue weighted by Crippen LogP contribution is 2.19. The molecule has 1 rings (SSSR count). The van der Waals surface area contributed by atoms with Gasteiger partial charge in [-0.05, 0) is 37.0 Å². The average Bonchev–Trinajstić information content (AvgIpc) is 2.03. The maximum atomic E-state index is 3.56. The third-order valence-electron chi connectivity index (χ3n) is 1.79. The van der Waals surface area contributed by atoms with Crippen molar-refractivity contribution in [2.75, 3.05) is 5.33 Å². The second-order valence-electron chi connectivity index (χ2n) is 2.89. The molecule has 12 heavy (non-hydrogen) atoms. The summed E-state index contributed by atoms with van der Waals surface area (Å²) in [6, 6.07) is 6.53. The van der Waals surface area contributed by atoms with Gasteiger partial charge in [-0.15, -0.1) is 0 Å². The van der Waals surface area contributed by atoms with Crippen molar-refractivity contribution in [1.29, 1.82) is 0 Å². The fourth-order valence-electron chi connectivity index (χ4n) is 1.11. The Morgan fingerprint density at radius 2 is 2.08 bits per heavy atom. The molecule has 0 bridgehead atoms. The van der Waals surface area contributed by atoms with Gasteiger partial charge < -0.3 is 0 Å². The summed E-state index contributed by atoms with van der Waals surface area (Å²) < 4.78 is 1.24. The molecule has 0 saturated heterocycles. The van der Waals surface area contributed by atoms with E-state index >= 15 is 0 Å². The normalized spacial score (nSPS) is 10.2. The van der Waals surface area contributed by atoms with Gasteiger partial charge in [0.1, 0.15) is 0 Å². The minimum Gasteiger partial charge on any atom is -0.0928 e. The molecule has 0 amide bonds. The summed E-state index contributed by atoms with van der Waals surface area (Å²) in [6.45, 7) is 2.11. The molecule has 0 aliphatic rings. The van der Waals surface area contributed by atoms with Crippen LogP contribution in [0.2, 0.25) is 0 Å². The van der Waals surface area contributed by atoms with Crippen LogP contribution in [0.15, 0.2) is 22.7 Å². The fraction of sp³-hybridized carbons (Fsp3) is 0.400. The van der Waals surface area contributed by atoms with E-state index in [0.717, 1.165) is 11.8 Å². The number of hydrogen-bond acceptors (Lipinski definition) is 0. The van der Waals surface area contributed by atoms with Crippen LogP contribution >= 0.6 is 31.9 Å². The number of benzene rings is 1. The molecule has 1 aromatic carbocycles. The van der Waals surface area contributed by atoms with Crippen molar-refractivity contribution in [2.24, 2.45) is 0 Å². The smallest absolute Gasteiger partial charge is 0.0209 e. The van der Waals surface area contributed by atoms with Gasteiger partial charge in [-0.3, -0.25) is 0 Å². The number of aryl methyl sites for hydroxylation is 2. The lowest BCUT2D eigenvalue weighted by molar-refractivity contribution is 0.933. The van der Waals surface area contributed by atoms with E-state index in [0.29, 0.717) is 0 Å². The first-order valence-electron chi connectivity index (χ1n) is 4.05. The Kier molecular flexibility index (Phi) is 4.30. The van der Waals surface area contributed by atoms with E-state index < -0.39 is 0 Å². The minimum atomic E-state index is 1.08. The maximum Gasteiger partial charge on any atom is 0.0209 e. The fourth-order valence-corrected chi connectivity index (χ4v) is 2.08.